The van der Waals surface area contributed by atoms with Crippen LogP contribution in [0, 0.1) is 6.92 Å². The molecule has 140 valence electrons. The van der Waals surface area contributed by atoms with Crippen LogP contribution in [0.4, 0.5) is 0 Å². The number of carbonyl (C=O) groups excluding carboxylic acids is 1. The zero-order valence-corrected chi connectivity index (χ0v) is 16.1. The summed E-state index contributed by atoms with van der Waals surface area (Å²) < 4.78 is 12.2. The predicted molar refractivity (Wildman–Crippen MR) is 104 cm³/mol. The van der Waals surface area contributed by atoms with E-state index in [1.54, 1.807) is 29.8 Å². The molecule has 7 nitrogen and oxygen atoms in total. The van der Waals surface area contributed by atoms with E-state index >= 15 is 0 Å². The fourth-order valence-electron chi connectivity index (χ4n) is 2.52. The minimum absolute atomic E-state index is 0.314. The van der Waals surface area contributed by atoms with Gasteiger partial charge in [-0.25, -0.2) is 4.68 Å². The van der Waals surface area contributed by atoms with Crippen LogP contribution in [0.5, 0.6) is 11.5 Å². The van der Waals surface area contributed by atoms with Gasteiger partial charge in [-0.3, -0.25) is 10.2 Å². The number of benzene rings is 2. The molecule has 8 heteroatoms. The lowest BCUT2D eigenvalue weighted by Gasteiger charge is -2.14. The van der Waals surface area contributed by atoms with Crippen LogP contribution in [0.15, 0.2) is 53.7 Å². The first kappa shape index (κ1) is 18.8. The van der Waals surface area contributed by atoms with Gasteiger partial charge in [0.1, 0.15) is 22.9 Å². The number of methoxy groups -OCH3 is 2. The molecule has 1 heterocycles. The number of amides is 1. The van der Waals surface area contributed by atoms with Crippen LogP contribution in [0.25, 0.3) is 0 Å². The molecule has 0 saturated carbocycles. The molecule has 3 rings (SSSR count). The van der Waals surface area contributed by atoms with Crippen LogP contribution < -0.4 is 14.9 Å². The minimum Gasteiger partial charge on any atom is -0.496 e. The van der Waals surface area contributed by atoms with Crippen LogP contribution in [0.2, 0.25) is 0 Å². The van der Waals surface area contributed by atoms with Crippen LogP contribution in [-0.4, -0.2) is 35.0 Å². The molecule has 0 radical (unpaired) electrons. The number of nitrogens with zero attached hydrogens (tertiary/aromatic N) is 3. The predicted octanol–water partition coefficient (Wildman–Crippen LogP) is 3.28. The van der Waals surface area contributed by atoms with Crippen molar-refractivity contribution in [1.82, 2.24) is 14.9 Å². The van der Waals surface area contributed by atoms with E-state index in [9.17, 15) is 4.79 Å². The van der Waals surface area contributed by atoms with E-state index < -0.39 is 0 Å². The van der Waals surface area contributed by atoms with Crippen molar-refractivity contribution in [3.05, 3.63) is 65.5 Å². The van der Waals surface area contributed by atoms with E-state index in [-0.39, 0.29) is 5.91 Å². The molecule has 0 bridgehead atoms. The number of ether oxygens (including phenoxy) is 2. The van der Waals surface area contributed by atoms with Gasteiger partial charge in [-0.15, -0.1) is 10.2 Å². The topological polar surface area (TPSA) is 78.3 Å². The Hall–Kier alpha value is -3.00. The minimum atomic E-state index is -0.367. The summed E-state index contributed by atoms with van der Waals surface area (Å²) in [7, 11) is 3.02. The highest BCUT2D eigenvalue weighted by Crippen LogP contribution is 2.29. The molecule has 0 atom stereocenters. The van der Waals surface area contributed by atoms with Gasteiger partial charge in [-0.1, -0.05) is 48.2 Å². The molecule has 0 aliphatic carbocycles. The lowest BCUT2D eigenvalue weighted by molar-refractivity contribution is 0.0999. The second kappa shape index (κ2) is 8.59. The second-order valence-electron chi connectivity index (χ2n) is 5.62. The fraction of sp³-hybridized carbons (Fsp3) is 0.211. The Labute approximate surface area is 161 Å². The molecule has 2 aromatic carbocycles. The van der Waals surface area contributed by atoms with Crippen molar-refractivity contribution in [3.63, 3.8) is 0 Å². The Morgan fingerprint density at radius 2 is 1.70 bits per heavy atom. The lowest BCUT2D eigenvalue weighted by atomic mass is 10.1. The number of aryl methyl sites for hydroxylation is 1. The van der Waals surface area contributed by atoms with Gasteiger partial charge in [0.2, 0.25) is 5.16 Å². The first-order chi connectivity index (χ1) is 13.1. The molecular weight excluding hydrogens is 364 g/mol. The molecule has 0 unspecified atom stereocenters. The van der Waals surface area contributed by atoms with Crippen LogP contribution in [0.1, 0.15) is 21.7 Å². The average Bonchev–Trinajstić information content (AvgIpc) is 3.05. The van der Waals surface area contributed by atoms with Crippen molar-refractivity contribution >= 4 is 17.7 Å². The summed E-state index contributed by atoms with van der Waals surface area (Å²) in [6, 6.07) is 15.2. The molecule has 0 aliphatic rings. The van der Waals surface area contributed by atoms with Gasteiger partial charge in [0.15, 0.2) is 0 Å². The van der Waals surface area contributed by atoms with E-state index in [4.69, 9.17) is 9.47 Å². The van der Waals surface area contributed by atoms with Crippen molar-refractivity contribution < 1.29 is 14.3 Å². The highest BCUT2D eigenvalue weighted by molar-refractivity contribution is 7.98. The molecule has 1 aromatic heterocycles. The van der Waals surface area contributed by atoms with E-state index in [2.05, 4.69) is 15.6 Å². The van der Waals surface area contributed by atoms with E-state index in [1.807, 2.05) is 30.3 Å². The number of hydrogen-bond donors (Lipinski definition) is 1. The zero-order valence-electron chi connectivity index (χ0n) is 15.3. The molecule has 0 spiro atoms. The third kappa shape index (κ3) is 4.22. The number of carbonyl (C=O) groups is 1. The molecule has 3 aromatic rings. The van der Waals surface area contributed by atoms with Gasteiger partial charge in [0.25, 0.3) is 5.91 Å². The lowest BCUT2D eigenvalue weighted by Crippen LogP contribution is -2.25. The maximum atomic E-state index is 12.9. The van der Waals surface area contributed by atoms with Crippen LogP contribution in [-0.2, 0) is 5.75 Å². The molecule has 27 heavy (non-hydrogen) atoms. The number of rotatable bonds is 7. The Balaban J connectivity index is 1.82. The average molecular weight is 384 g/mol. The normalized spacial score (nSPS) is 10.5. The Morgan fingerprint density at radius 3 is 2.33 bits per heavy atom. The number of nitrogens with one attached hydrogen (secondary N) is 1. The standard InChI is InChI=1S/C19H20N4O3S/c1-13-20-21-19(27-12-14-8-5-4-6-9-14)23(13)22-18(24)17-15(25-2)10-7-11-16(17)26-3/h4-11H,12H2,1-3H3,(H,22,24). The monoisotopic (exact) mass is 384 g/mol. The second-order valence-corrected chi connectivity index (χ2v) is 6.56. The number of hydrogen-bond acceptors (Lipinski definition) is 6. The molecule has 0 fully saturated rings. The summed E-state index contributed by atoms with van der Waals surface area (Å²) in [6.07, 6.45) is 0. The van der Waals surface area contributed by atoms with Gasteiger partial charge in [-0.2, -0.15) is 0 Å². The van der Waals surface area contributed by atoms with E-state index in [0.29, 0.717) is 33.8 Å². The summed E-state index contributed by atoms with van der Waals surface area (Å²) in [6.45, 7) is 1.78. The Morgan fingerprint density at radius 1 is 1.04 bits per heavy atom. The number of thioether (sulfide) groups is 1. The Kier molecular flexibility index (Phi) is 5.97. The van der Waals surface area contributed by atoms with Gasteiger partial charge in [-0.05, 0) is 24.6 Å². The molecule has 0 saturated heterocycles. The van der Waals surface area contributed by atoms with E-state index in [1.165, 1.54) is 26.0 Å². The smallest absolute Gasteiger partial charge is 0.277 e. The first-order valence-corrected chi connectivity index (χ1v) is 9.23. The van der Waals surface area contributed by atoms with Crippen molar-refractivity contribution in [1.29, 1.82) is 0 Å². The van der Waals surface area contributed by atoms with Gasteiger partial charge < -0.3 is 9.47 Å². The zero-order chi connectivity index (χ0) is 19.2. The van der Waals surface area contributed by atoms with Crippen molar-refractivity contribution in [3.8, 4) is 11.5 Å². The summed E-state index contributed by atoms with van der Waals surface area (Å²) in [5.41, 5.74) is 4.31. The number of aromatic nitrogens is 3. The molecular formula is C19H20N4O3S. The van der Waals surface area contributed by atoms with Gasteiger partial charge >= 0.3 is 0 Å². The summed E-state index contributed by atoms with van der Waals surface area (Å²) in [4.78, 5) is 12.9. The van der Waals surface area contributed by atoms with Gasteiger partial charge in [0.05, 0.1) is 14.2 Å². The quantitative estimate of drug-likeness (QED) is 0.630. The molecule has 1 amide bonds. The molecule has 1 N–H and O–H groups in total. The third-order valence-corrected chi connectivity index (χ3v) is 4.87. The van der Waals surface area contributed by atoms with Crippen LogP contribution in [0.3, 0.4) is 0 Å². The highest BCUT2D eigenvalue weighted by Gasteiger charge is 2.20. The Bertz CT molecular complexity index is 906. The largest absolute Gasteiger partial charge is 0.496 e. The first-order valence-electron chi connectivity index (χ1n) is 8.25. The fourth-order valence-corrected chi connectivity index (χ4v) is 3.41. The van der Waals surface area contributed by atoms with Gasteiger partial charge in [0, 0.05) is 5.75 Å². The summed E-state index contributed by atoms with van der Waals surface area (Å²) in [5, 5.41) is 8.83. The van der Waals surface area contributed by atoms with Crippen molar-refractivity contribution in [2.24, 2.45) is 0 Å². The van der Waals surface area contributed by atoms with Crippen molar-refractivity contribution in [2.45, 2.75) is 17.8 Å². The maximum Gasteiger partial charge on any atom is 0.277 e. The highest BCUT2D eigenvalue weighted by atomic mass is 32.2. The van der Waals surface area contributed by atoms with Crippen molar-refractivity contribution in [2.75, 3.05) is 19.6 Å². The summed E-state index contributed by atoms with van der Waals surface area (Å²) in [5.74, 6) is 1.78. The van der Waals surface area contributed by atoms with Crippen LogP contribution >= 0.6 is 11.8 Å². The SMILES string of the molecule is COc1cccc(OC)c1C(=O)Nn1c(C)nnc1SCc1ccccc1. The summed E-state index contributed by atoms with van der Waals surface area (Å²) >= 11 is 1.49. The van der Waals surface area contributed by atoms with E-state index in [0.717, 1.165) is 5.56 Å². The molecule has 0 aliphatic heterocycles. The third-order valence-electron chi connectivity index (χ3n) is 3.87. The maximum absolute atomic E-state index is 12.9.